The summed E-state index contributed by atoms with van der Waals surface area (Å²) in [6.45, 7) is 3.27. The third kappa shape index (κ3) is 2.06. The Morgan fingerprint density at radius 1 is 1.24 bits per heavy atom. The van der Waals surface area contributed by atoms with E-state index < -0.39 is 0 Å². The lowest BCUT2D eigenvalue weighted by molar-refractivity contribution is 0.707. The van der Waals surface area contributed by atoms with Gasteiger partial charge in [-0.1, -0.05) is 43.4 Å². The van der Waals surface area contributed by atoms with Gasteiger partial charge in [-0.2, -0.15) is 0 Å². The number of aliphatic imine (C=N–C) groups is 1. The summed E-state index contributed by atoms with van der Waals surface area (Å²) in [6, 6.07) is 0. The molecule has 3 rings (SSSR count). The van der Waals surface area contributed by atoms with E-state index in [2.05, 4.69) is 43.4 Å². The van der Waals surface area contributed by atoms with E-state index in [-0.39, 0.29) is 0 Å². The van der Waals surface area contributed by atoms with E-state index in [1.165, 1.54) is 23.3 Å². The standard InChI is InChI=1S/C16H19N/c1-12-7-8-15-14(11-12)9-10-17-16(15)13-5-3-2-4-6-13/h2-5,8,11-13H,6-7,9-10H2,1H3. The maximum Gasteiger partial charge on any atom is 0.0491 e. The van der Waals surface area contributed by atoms with Gasteiger partial charge in [-0.05, 0) is 36.3 Å². The van der Waals surface area contributed by atoms with Gasteiger partial charge in [-0.15, -0.1) is 0 Å². The zero-order valence-electron chi connectivity index (χ0n) is 10.4. The van der Waals surface area contributed by atoms with Crippen LogP contribution in [0.5, 0.6) is 0 Å². The summed E-state index contributed by atoms with van der Waals surface area (Å²) in [5.41, 5.74) is 4.31. The van der Waals surface area contributed by atoms with Gasteiger partial charge in [0.25, 0.3) is 0 Å². The third-order valence-electron chi connectivity index (χ3n) is 3.80. The van der Waals surface area contributed by atoms with Gasteiger partial charge < -0.3 is 0 Å². The van der Waals surface area contributed by atoms with Crippen LogP contribution in [0.2, 0.25) is 0 Å². The Bertz CT molecular complexity index is 460. The van der Waals surface area contributed by atoms with Crippen LogP contribution in [0.25, 0.3) is 0 Å². The minimum Gasteiger partial charge on any atom is -0.288 e. The van der Waals surface area contributed by atoms with Crippen molar-refractivity contribution in [1.29, 1.82) is 0 Å². The van der Waals surface area contributed by atoms with Crippen molar-refractivity contribution in [1.82, 2.24) is 0 Å². The lowest BCUT2D eigenvalue weighted by atomic mass is 9.80. The minimum atomic E-state index is 0.503. The van der Waals surface area contributed by atoms with Crippen LogP contribution in [-0.4, -0.2) is 12.3 Å². The van der Waals surface area contributed by atoms with Crippen molar-refractivity contribution in [3.8, 4) is 0 Å². The fraction of sp³-hybridized carbons (Fsp3) is 0.438. The second-order valence-corrected chi connectivity index (χ2v) is 5.19. The van der Waals surface area contributed by atoms with E-state index in [1.54, 1.807) is 0 Å². The van der Waals surface area contributed by atoms with Crippen molar-refractivity contribution in [2.75, 3.05) is 6.54 Å². The Morgan fingerprint density at radius 3 is 3.00 bits per heavy atom. The molecule has 0 aromatic heterocycles. The first-order valence-corrected chi connectivity index (χ1v) is 6.64. The molecule has 0 aromatic rings. The second-order valence-electron chi connectivity index (χ2n) is 5.19. The molecule has 17 heavy (non-hydrogen) atoms. The van der Waals surface area contributed by atoms with Crippen LogP contribution >= 0.6 is 0 Å². The van der Waals surface area contributed by atoms with Crippen molar-refractivity contribution in [3.05, 3.63) is 47.6 Å². The lowest BCUT2D eigenvalue weighted by Gasteiger charge is -2.28. The zero-order chi connectivity index (χ0) is 11.7. The molecule has 0 fully saturated rings. The zero-order valence-corrected chi connectivity index (χ0v) is 10.4. The molecule has 0 spiro atoms. The fourth-order valence-electron chi connectivity index (χ4n) is 2.91. The molecule has 2 aliphatic carbocycles. The maximum atomic E-state index is 4.78. The van der Waals surface area contributed by atoms with Gasteiger partial charge in [-0.25, -0.2) is 0 Å². The maximum absolute atomic E-state index is 4.78. The average Bonchev–Trinajstić information content (AvgIpc) is 2.39. The molecule has 1 nitrogen and oxygen atoms in total. The van der Waals surface area contributed by atoms with Gasteiger partial charge in [0.15, 0.2) is 0 Å². The van der Waals surface area contributed by atoms with Crippen LogP contribution in [-0.2, 0) is 0 Å². The Kier molecular flexibility index (Phi) is 2.84. The molecule has 1 aliphatic heterocycles. The highest BCUT2D eigenvalue weighted by Crippen LogP contribution is 2.33. The molecule has 0 radical (unpaired) electrons. The van der Waals surface area contributed by atoms with Crippen molar-refractivity contribution in [3.63, 3.8) is 0 Å². The number of hydrogen-bond donors (Lipinski definition) is 0. The highest BCUT2D eigenvalue weighted by molar-refractivity contribution is 6.07. The number of rotatable bonds is 1. The van der Waals surface area contributed by atoms with Gasteiger partial charge >= 0.3 is 0 Å². The molecule has 0 amide bonds. The molecule has 1 heteroatoms. The Morgan fingerprint density at radius 2 is 2.18 bits per heavy atom. The summed E-state index contributed by atoms with van der Waals surface area (Å²) in [5, 5.41) is 0. The van der Waals surface area contributed by atoms with E-state index in [0.717, 1.165) is 19.4 Å². The highest BCUT2D eigenvalue weighted by atomic mass is 14.8. The van der Waals surface area contributed by atoms with Crippen molar-refractivity contribution >= 4 is 5.71 Å². The van der Waals surface area contributed by atoms with Crippen molar-refractivity contribution in [2.24, 2.45) is 16.8 Å². The SMILES string of the molecule is CC1C=C2CCN=C(C3C=CC=CC3)C2=CC1. The first-order valence-electron chi connectivity index (χ1n) is 6.64. The van der Waals surface area contributed by atoms with E-state index in [1.807, 2.05) is 0 Å². The number of allylic oxidation sites excluding steroid dienone is 7. The van der Waals surface area contributed by atoms with Crippen LogP contribution in [0.15, 0.2) is 52.6 Å². The van der Waals surface area contributed by atoms with Crippen molar-refractivity contribution < 1.29 is 0 Å². The third-order valence-corrected chi connectivity index (χ3v) is 3.80. The quantitative estimate of drug-likeness (QED) is 0.642. The summed E-state index contributed by atoms with van der Waals surface area (Å²) in [6.07, 6.45) is 17.1. The largest absolute Gasteiger partial charge is 0.288 e. The second kappa shape index (κ2) is 4.48. The number of hydrogen-bond acceptors (Lipinski definition) is 1. The summed E-state index contributed by atoms with van der Waals surface area (Å²) >= 11 is 0. The van der Waals surface area contributed by atoms with E-state index in [0.29, 0.717) is 11.8 Å². The normalized spacial score (nSPS) is 31.5. The Hall–Kier alpha value is -1.37. The fourth-order valence-corrected chi connectivity index (χ4v) is 2.91. The highest BCUT2D eigenvalue weighted by Gasteiger charge is 2.25. The van der Waals surface area contributed by atoms with Gasteiger partial charge in [0.2, 0.25) is 0 Å². The molecule has 1 heterocycles. The van der Waals surface area contributed by atoms with E-state index in [4.69, 9.17) is 4.99 Å². The number of fused-ring (bicyclic) bond motifs is 1. The average molecular weight is 225 g/mol. The topological polar surface area (TPSA) is 12.4 Å². The summed E-state index contributed by atoms with van der Waals surface area (Å²) in [7, 11) is 0. The van der Waals surface area contributed by atoms with Crippen LogP contribution in [0.3, 0.4) is 0 Å². The first-order chi connectivity index (χ1) is 8.34. The smallest absolute Gasteiger partial charge is 0.0491 e. The molecular formula is C16H19N. The van der Waals surface area contributed by atoms with E-state index >= 15 is 0 Å². The molecule has 88 valence electrons. The Labute approximate surface area is 103 Å². The van der Waals surface area contributed by atoms with Crippen LogP contribution in [0.1, 0.15) is 26.2 Å². The lowest BCUT2D eigenvalue weighted by Crippen LogP contribution is -2.23. The Balaban J connectivity index is 1.90. The molecule has 0 saturated heterocycles. The minimum absolute atomic E-state index is 0.503. The molecular weight excluding hydrogens is 206 g/mol. The molecule has 0 aromatic carbocycles. The summed E-state index contributed by atoms with van der Waals surface area (Å²) < 4.78 is 0. The first kappa shape index (κ1) is 10.8. The predicted octanol–water partition coefficient (Wildman–Crippen LogP) is 3.86. The molecule has 2 unspecified atom stereocenters. The van der Waals surface area contributed by atoms with Gasteiger partial charge in [0.1, 0.15) is 0 Å². The van der Waals surface area contributed by atoms with Gasteiger partial charge in [0.05, 0.1) is 0 Å². The number of nitrogens with zero attached hydrogens (tertiary/aromatic N) is 1. The van der Waals surface area contributed by atoms with Crippen LogP contribution in [0, 0.1) is 11.8 Å². The molecule has 2 atom stereocenters. The summed E-state index contributed by atoms with van der Waals surface area (Å²) in [4.78, 5) is 4.78. The van der Waals surface area contributed by atoms with Crippen LogP contribution < -0.4 is 0 Å². The van der Waals surface area contributed by atoms with Gasteiger partial charge in [0, 0.05) is 18.2 Å². The van der Waals surface area contributed by atoms with Crippen LogP contribution in [0.4, 0.5) is 0 Å². The van der Waals surface area contributed by atoms with E-state index in [9.17, 15) is 0 Å². The monoisotopic (exact) mass is 225 g/mol. The summed E-state index contributed by atoms with van der Waals surface area (Å²) in [5.74, 6) is 1.21. The molecule has 0 bridgehead atoms. The van der Waals surface area contributed by atoms with Gasteiger partial charge in [-0.3, -0.25) is 4.99 Å². The molecule has 0 N–H and O–H groups in total. The van der Waals surface area contributed by atoms with Crippen molar-refractivity contribution in [2.45, 2.75) is 26.2 Å². The molecule has 0 saturated carbocycles. The molecule has 3 aliphatic rings. The predicted molar refractivity (Wildman–Crippen MR) is 73.3 cm³/mol.